The van der Waals surface area contributed by atoms with E-state index >= 15 is 0 Å². The van der Waals surface area contributed by atoms with Crippen molar-refractivity contribution in [3.63, 3.8) is 0 Å². The zero-order chi connectivity index (χ0) is 21.9. The van der Waals surface area contributed by atoms with Gasteiger partial charge in [-0.3, -0.25) is 9.59 Å². The summed E-state index contributed by atoms with van der Waals surface area (Å²) in [6.45, 7) is 6.40. The number of amides is 2. The van der Waals surface area contributed by atoms with Crippen LogP contribution in [0.15, 0.2) is 30.3 Å². The highest BCUT2D eigenvalue weighted by Gasteiger charge is 2.31. The Labute approximate surface area is 165 Å². The van der Waals surface area contributed by atoms with Crippen LogP contribution >= 0.6 is 0 Å². The normalized spacial score (nSPS) is 12.6. The van der Waals surface area contributed by atoms with Crippen molar-refractivity contribution in [3.8, 4) is 0 Å². The Morgan fingerprint density at radius 2 is 1.72 bits per heavy atom. The molecule has 2 aromatic rings. The Hall–Kier alpha value is -2.97. The maximum absolute atomic E-state index is 14.0. The summed E-state index contributed by atoms with van der Waals surface area (Å²) in [5, 5.41) is 5.06. The van der Waals surface area contributed by atoms with Gasteiger partial charge in [-0.1, -0.05) is 13.8 Å². The largest absolute Gasteiger partial charge is 0.416 e. The fourth-order valence-electron chi connectivity index (χ4n) is 2.54. The molecular weight excluding hydrogens is 390 g/mol. The van der Waals surface area contributed by atoms with Gasteiger partial charge in [0.05, 0.1) is 11.6 Å². The minimum Gasteiger partial charge on any atom is -0.345 e. The van der Waals surface area contributed by atoms with Crippen molar-refractivity contribution in [2.45, 2.75) is 39.9 Å². The highest BCUT2D eigenvalue weighted by molar-refractivity contribution is 5.97. The maximum Gasteiger partial charge on any atom is 0.416 e. The standard InChI is InChI=1S/C20H21F4N3O2/c1-10(2)18(28)27-17-8-13(7-11(3)25-17)19(29)26-12(4)15-9-14(20(22,23)24)5-6-16(15)21/h5-10,12H,1-4H3,(H,26,29)(H,25,27,28). The number of aromatic nitrogens is 1. The summed E-state index contributed by atoms with van der Waals surface area (Å²) < 4.78 is 52.7. The lowest BCUT2D eigenvalue weighted by molar-refractivity contribution is -0.137. The van der Waals surface area contributed by atoms with Gasteiger partial charge in [0.1, 0.15) is 11.6 Å². The molecule has 0 saturated heterocycles. The third-order valence-corrected chi connectivity index (χ3v) is 4.13. The van der Waals surface area contributed by atoms with E-state index in [2.05, 4.69) is 15.6 Å². The Kier molecular flexibility index (Phi) is 6.61. The van der Waals surface area contributed by atoms with E-state index < -0.39 is 29.5 Å². The van der Waals surface area contributed by atoms with E-state index in [-0.39, 0.29) is 28.8 Å². The van der Waals surface area contributed by atoms with Gasteiger partial charge in [-0.05, 0) is 44.2 Å². The Bertz CT molecular complexity index is 926. The van der Waals surface area contributed by atoms with Crippen molar-refractivity contribution in [3.05, 3.63) is 58.5 Å². The van der Waals surface area contributed by atoms with Crippen LogP contribution in [0.1, 0.15) is 54.0 Å². The van der Waals surface area contributed by atoms with Crippen molar-refractivity contribution in [2.75, 3.05) is 5.32 Å². The molecular formula is C20H21F4N3O2. The monoisotopic (exact) mass is 411 g/mol. The average Bonchev–Trinajstić information content (AvgIpc) is 2.60. The SMILES string of the molecule is Cc1cc(C(=O)NC(C)c2cc(C(F)(F)F)ccc2F)cc(NC(=O)C(C)C)n1. The number of benzene rings is 1. The number of pyridine rings is 1. The number of halogens is 4. The number of alkyl halides is 3. The lowest BCUT2D eigenvalue weighted by Gasteiger charge is -2.17. The zero-order valence-corrected chi connectivity index (χ0v) is 16.3. The quantitative estimate of drug-likeness (QED) is 0.705. The van der Waals surface area contributed by atoms with E-state index in [9.17, 15) is 27.2 Å². The average molecular weight is 411 g/mol. The number of carbonyl (C=O) groups is 2. The number of nitrogens with zero attached hydrogens (tertiary/aromatic N) is 1. The van der Waals surface area contributed by atoms with Crippen molar-refractivity contribution in [1.82, 2.24) is 10.3 Å². The summed E-state index contributed by atoms with van der Waals surface area (Å²) in [7, 11) is 0. The molecule has 0 aliphatic heterocycles. The van der Waals surface area contributed by atoms with Gasteiger partial charge >= 0.3 is 6.18 Å². The zero-order valence-electron chi connectivity index (χ0n) is 16.3. The number of hydrogen-bond donors (Lipinski definition) is 2. The van der Waals surface area contributed by atoms with E-state index in [0.29, 0.717) is 17.8 Å². The van der Waals surface area contributed by atoms with Crippen LogP contribution in [0.25, 0.3) is 0 Å². The van der Waals surface area contributed by atoms with Gasteiger partial charge in [-0.2, -0.15) is 13.2 Å². The van der Waals surface area contributed by atoms with E-state index in [1.807, 2.05) is 0 Å². The molecule has 1 unspecified atom stereocenters. The first-order valence-corrected chi connectivity index (χ1v) is 8.85. The Morgan fingerprint density at radius 3 is 2.31 bits per heavy atom. The first-order chi connectivity index (χ1) is 13.4. The van der Waals surface area contributed by atoms with Crippen LogP contribution < -0.4 is 10.6 Å². The molecule has 9 heteroatoms. The molecule has 29 heavy (non-hydrogen) atoms. The fourth-order valence-corrected chi connectivity index (χ4v) is 2.54. The van der Waals surface area contributed by atoms with Gasteiger partial charge in [0, 0.05) is 22.7 Å². The van der Waals surface area contributed by atoms with Gasteiger partial charge in [-0.15, -0.1) is 0 Å². The van der Waals surface area contributed by atoms with Crippen LogP contribution in [0.2, 0.25) is 0 Å². The number of anilines is 1. The predicted octanol–water partition coefficient (Wildman–Crippen LogP) is 4.63. The molecule has 0 aliphatic carbocycles. The summed E-state index contributed by atoms with van der Waals surface area (Å²) in [6.07, 6.45) is -4.63. The molecule has 2 N–H and O–H groups in total. The van der Waals surface area contributed by atoms with Gasteiger partial charge < -0.3 is 10.6 Å². The van der Waals surface area contributed by atoms with Gasteiger partial charge in [0.15, 0.2) is 0 Å². The van der Waals surface area contributed by atoms with Crippen LogP contribution in [0.3, 0.4) is 0 Å². The molecule has 1 atom stereocenters. The highest BCUT2D eigenvalue weighted by atomic mass is 19.4. The minimum atomic E-state index is -4.63. The smallest absolute Gasteiger partial charge is 0.345 e. The Morgan fingerprint density at radius 1 is 1.07 bits per heavy atom. The Balaban J connectivity index is 2.24. The first-order valence-electron chi connectivity index (χ1n) is 8.85. The van der Waals surface area contributed by atoms with Gasteiger partial charge in [0.2, 0.25) is 5.91 Å². The molecule has 1 heterocycles. The molecule has 0 spiro atoms. The molecule has 0 aliphatic rings. The molecule has 0 saturated carbocycles. The van der Waals surface area contributed by atoms with E-state index in [4.69, 9.17) is 0 Å². The second kappa shape index (κ2) is 8.59. The molecule has 0 bridgehead atoms. The molecule has 5 nitrogen and oxygen atoms in total. The molecule has 0 radical (unpaired) electrons. The fraction of sp³-hybridized carbons (Fsp3) is 0.350. The second-order valence-electron chi connectivity index (χ2n) is 6.96. The van der Waals surface area contributed by atoms with Crippen molar-refractivity contribution >= 4 is 17.6 Å². The highest BCUT2D eigenvalue weighted by Crippen LogP contribution is 2.32. The molecule has 2 rings (SSSR count). The number of hydrogen-bond acceptors (Lipinski definition) is 3. The second-order valence-corrected chi connectivity index (χ2v) is 6.96. The van der Waals surface area contributed by atoms with Crippen LogP contribution in [0.4, 0.5) is 23.4 Å². The predicted molar refractivity (Wildman–Crippen MR) is 99.7 cm³/mol. The van der Waals surface area contributed by atoms with Crippen molar-refractivity contribution in [2.24, 2.45) is 5.92 Å². The van der Waals surface area contributed by atoms with E-state index in [1.54, 1.807) is 20.8 Å². The van der Waals surface area contributed by atoms with E-state index in [1.165, 1.54) is 19.1 Å². The van der Waals surface area contributed by atoms with Crippen LogP contribution in [0, 0.1) is 18.7 Å². The summed E-state index contributed by atoms with van der Waals surface area (Å²) >= 11 is 0. The topological polar surface area (TPSA) is 71.1 Å². The number of carbonyl (C=O) groups excluding carboxylic acids is 2. The molecule has 2 amide bonds. The summed E-state index contributed by atoms with van der Waals surface area (Å²) in [4.78, 5) is 28.5. The van der Waals surface area contributed by atoms with Crippen LogP contribution in [0.5, 0.6) is 0 Å². The third-order valence-electron chi connectivity index (χ3n) is 4.13. The minimum absolute atomic E-state index is 0.135. The molecule has 156 valence electrons. The number of nitrogens with one attached hydrogen (secondary N) is 2. The van der Waals surface area contributed by atoms with Gasteiger partial charge in [-0.25, -0.2) is 9.37 Å². The molecule has 1 aromatic heterocycles. The lowest BCUT2D eigenvalue weighted by Crippen LogP contribution is -2.28. The van der Waals surface area contributed by atoms with Crippen LogP contribution in [-0.4, -0.2) is 16.8 Å². The summed E-state index contributed by atoms with van der Waals surface area (Å²) in [6, 6.07) is 3.81. The van der Waals surface area contributed by atoms with Crippen molar-refractivity contribution < 1.29 is 27.2 Å². The summed E-state index contributed by atoms with van der Waals surface area (Å²) in [5.74, 6) is -1.90. The van der Waals surface area contributed by atoms with Crippen molar-refractivity contribution in [1.29, 1.82) is 0 Å². The molecule has 1 aromatic carbocycles. The molecule has 0 fully saturated rings. The van der Waals surface area contributed by atoms with Crippen LogP contribution in [-0.2, 0) is 11.0 Å². The maximum atomic E-state index is 14.0. The number of aryl methyl sites for hydroxylation is 1. The first kappa shape index (κ1) is 22.3. The third kappa shape index (κ3) is 5.75. The van der Waals surface area contributed by atoms with Gasteiger partial charge in [0.25, 0.3) is 5.91 Å². The lowest BCUT2D eigenvalue weighted by atomic mass is 10.0. The summed E-state index contributed by atoms with van der Waals surface area (Å²) in [5.41, 5.74) is -0.703. The number of rotatable bonds is 5. The van der Waals surface area contributed by atoms with E-state index in [0.717, 1.165) is 6.07 Å².